The average molecular weight is 497 g/mol. The lowest BCUT2D eigenvalue weighted by molar-refractivity contribution is -0.119. The van der Waals surface area contributed by atoms with Gasteiger partial charge in [0.25, 0.3) is 5.91 Å². The number of carbonyl (C=O) groups is 2. The highest BCUT2D eigenvalue weighted by atomic mass is 32.2. The molecule has 1 atom stereocenters. The van der Waals surface area contributed by atoms with Crippen molar-refractivity contribution in [3.8, 4) is 0 Å². The zero-order chi connectivity index (χ0) is 24.5. The lowest BCUT2D eigenvalue weighted by Crippen LogP contribution is -2.45. The van der Waals surface area contributed by atoms with E-state index in [2.05, 4.69) is 5.32 Å². The van der Waals surface area contributed by atoms with Crippen LogP contribution in [0.4, 0.5) is 0 Å². The van der Waals surface area contributed by atoms with Gasteiger partial charge in [0, 0.05) is 5.56 Å². The summed E-state index contributed by atoms with van der Waals surface area (Å²) in [5.74, 6) is -1.77. The molecule has 180 valence electrons. The first kappa shape index (κ1) is 26.7. The Morgan fingerprint density at radius 2 is 1.58 bits per heavy atom. The molecule has 0 heterocycles. The number of nitrogens with one attached hydrogen (secondary N) is 1. The maximum absolute atomic E-state index is 12.7. The molecule has 11 heteroatoms. The maximum atomic E-state index is 12.7. The number of hydrogen-bond donors (Lipinski definition) is 2. The fourth-order valence-electron chi connectivity index (χ4n) is 3.05. The van der Waals surface area contributed by atoms with Gasteiger partial charge in [-0.3, -0.25) is 14.2 Å². The van der Waals surface area contributed by atoms with Crippen molar-refractivity contribution in [1.29, 1.82) is 0 Å². The molecule has 0 spiro atoms. The topological polar surface area (TPSA) is 142 Å². The van der Waals surface area contributed by atoms with Gasteiger partial charge in [0.15, 0.2) is 9.84 Å². The van der Waals surface area contributed by atoms with Crippen molar-refractivity contribution in [3.05, 3.63) is 65.7 Å². The van der Waals surface area contributed by atoms with Gasteiger partial charge in [-0.25, -0.2) is 8.42 Å². The summed E-state index contributed by atoms with van der Waals surface area (Å²) in [6, 6.07) is 12.9. The van der Waals surface area contributed by atoms with Crippen LogP contribution < -0.4 is 11.1 Å². The summed E-state index contributed by atoms with van der Waals surface area (Å²) >= 11 is 0. The van der Waals surface area contributed by atoms with Gasteiger partial charge in [0.2, 0.25) is 5.91 Å². The van der Waals surface area contributed by atoms with E-state index in [0.29, 0.717) is 5.56 Å². The molecule has 0 aromatic heterocycles. The molecule has 0 radical (unpaired) electrons. The van der Waals surface area contributed by atoms with Crippen LogP contribution in [0.1, 0.15) is 36.2 Å². The van der Waals surface area contributed by atoms with Gasteiger partial charge in [0.05, 0.1) is 30.0 Å². The molecule has 3 N–H and O–H groups in total. The summed E-state index contributed by atoms with van der Waals surface area (Å²) < 4.78 is 48.1. The molecule has 0 unspecified atom stereocenters. The van der Waals surface area contributed by atoms with Crippen LogP contribution >= 0.6 is 7.60 Å². The quantitative estimate of drug-likeness (QED) is 0.406. The van der Waals surface area contributed by atoms with E-state index < -0.39 is 35.3 Å². The van der Waals surface area contributed by atoms with E-state index in [1.54, 1.807) is 44.2 Å². The van der Waals surface area contributed by atoms with Gasteiger partial charge in [-0.15, -0.1) is 0 Å². The standard InChI is InChI=1S/C22H29N2O7PS/c1-3-30-32(27,31-4-2)16-17-10-12-18(13-11-17)22(26)24-20(21(23)25)14-15-33(28,29)19-8-6-5-7-9-19/h5-13,20H,3-4,14-16H2,1-2H3,(H2,23,25)(H,24,26)/t20-/m0/s1. The second-order valence-electron chi connectivity index (χ2n) is 7.15. The number of sulfone groups is 1. The zero-order valence-corrected chi connectivity index (χ0v) is 20.3. The minimum absolute atomic E-state index is 0.0534. The van der Waals surface area contributed by atoms with Crippen molar-refractivity contribution >= 4 is 29.2 Å². The van der Waals surface area contributed by atoms with Crippen molar-refractivity contribution in [2.24, 2.45) is 5.73 Å². The molecule has 0 aliphatic heterocycles. The molecule has 0 aliphatic rings. The third kappa shape index (κ3) is 8.08. The van der Waals surface area contributed by atoms with E-state index in [1.165, 1.54) is 24.3 Å². The van der Waals surface area contributed by atoms with E-state index in [-0.39, 0.29) is 42.0 Å². The van der Waals surface area contributed by atoms with Crippen LogP contribution in [0.5, 0.6) is 0 Å². The highest BCUT2D eigenvalue weighted by Crippen LogP contribution is 2.51. The molecule has 33 heavy (non-hydrogen) atoms. The number of rotatable bonds is 13. The molecule has 2 rings (SSSR count). The van der Waals surface area contributed by atoms with E-state index in [0.717, 1.165) is 0 Å². The monoisotopic (exact) mass is 496 g/mol. The number of nitrogens with two attached hydrogens (primary N) is 1. The lowest BCUT2D eigenvalue weighted by atomic mass is 10.1. The fourth-order valence-corrected chi connectivity index (χ4v) is 6.11. The molecule has 0 aliphatic carbocycles. The van der Waals surface area contributed by atoms with E-state index in [9.17, 15) is 22.6 Å². The number of amides is 2. The van der Waals surface area contributed by atoms with Crippen molar-refractivity contribution in [1.82, 2.24) is 5.32 Å². The van der Waals surface area contributed by atoms with Gasteiger partial charge in [-0.2, -0.15) is 0 Å². The molecule has 0 bridgehead atoms. The Bertz CT molecular complexity index is 1080. The summed E-state index contributed by atoms with van der Waals surface area (Å²) in [6.45, 7) is 3.93. The van der Waals surface area contributed by atoms with Crippen molar-refractivity contribution < 1.29 is 31.6 Å². The number of hydrogen-bond acceptors (Lipinski definition) is 7. The van der Waals surface area contributed by atoms with E-state index in [1.807, 2.05) is 0 Å². The highest BCUT2D eigenvalue weighted by Gasteiger charge is 2.25. The van der Waals surface area contributed by atoms with E-state index >= 15 is 0 Å². The highest BCUT2D eigenvalue weighted by molar-refractivity contribution is 7.91. The van der Waals surface area contributed by atoms with Gasteiger partial charge in [0.1, 0.15) is 6.04 Å². The summed E-state index contributed by atoms with van der Waals surface area (Å²) in [7, 11) is -6.92. The minimum Gasteiger partial charge on any atom is -0.368 e. The third-order valence-corrected chi connectivity index (χ3v) is 8.49. The summed E-state index contributed by atoms with van der Waals surface area (Å²) in [6.07, 6.45) is -0.111. The maximum Gasteiger partial charge on any atom is 0.335 e. The smallest absolute Gasteiger partial charge is 0.335 e. The Morgan fingerprint density at radius 1 is 1.00 bits per heavy atom. The fraction of sp³-hybridized carbons (Fsp3) is 0.364. The summed E-state index contributed by atoms with van der Waals surface area (Å²) in [5, 5.41) is 2.48. The SMILES string of the molecule is CCOP(=O)(Cc1ccc(C(=O)N[C@@H](CCS(=O)(=O)c2ccccc2)C(N)=O)cc1)OCC. The second-order valence-corrected chi connectivity index (χ2v) is 11.3. The van der Waals surface area contributed by atoms with Gasteiger partial charge >= 0.3 is 7.60 Å². The summed E-state index contributed by atoms with van der Waals surface area (Å²) in [4.78, 5) is 24.5. The predicted molar refractivity (Wildman–Crippen MR) is 125 cm³/mol. The normalized spacial score (nSPS) is 12.8. The molecular weight excluding hydrogens is 467 g/mol. The molecule has 0 saturated heterocycles. The predicted octanol–water partition coefficient (Wildman–Crippen LogP) is 2.90. The van der Waals surface area contributed by atoms with Crippen LogP contribution in [-0.4, -0.2) is 45.2 Å². The first-order chi connectivity index (χ1) is 15.6. The molecule has 9 nitrogen and oxygen atoms in total. The first-order valence-corrected chi connectivity index (χ1v) is 13.8. The number of carbonyl (C=O) groups excluding carboxylic acids is 2. The average Bonchev–Trinajstić information content (AvgIpc) is 2.77. The molecule has 2 aromatic rings. The molecular formula is C22H29N2O7PS. The first-order valence-electron chi connectivity index (χ1n) is 10.4. The Balaban J connectivity index is 2.04. The molecule has 2 amide bonds. The Kier molecular flexibility index (Phi) is 9.79. The van der Waals surface area contributed by atoms with E-state index in [4.69, 9.17) is 14.8 Å². The Hall–Kier alpha value is -2.52. The molecule has 2 aromatic carbocycles. The van der Waals surface area contributed by atoms with Crippen LogP contribution in [0.25, 0.3) is 0 Å². The van der Waals surface area contributed by atoms with Crippen LogP contribution in [0, 0.1) is 0 Å². The van der Waals surface area contributed by atoms with Crippen LogP contribution in [0.2, 0.25) is 0 Å². The second kappa shape index (κ2) is 12.1. The van der Waals surface area contributed by atoms with Crippen LogP contribution in [0.3, 0.4) is 0 Å². The lowest BCUT2D eigenvalue weighted by Gasteiger charge is -2.17. The minimum atomic E-state index is -3.63. The number of benzene rings is 2. The van der Waals surface area contributed by atoms with Gasteiger partial charge in [-0.05, 0) is 50.1 Å². The third-order valence-electron chi connectivity index (χ3n) is 4.67. The Labute approximate surface area is 194 Å². The van der Waals surface area contributed by atoms with Gasteiger partial charge < -0.3 is 20.1 Å². The molecule has 0 fully saturated rings. The van der Waals surface area contributed by atoms with Crippen molar-refractivity contribution in [2.45, 2.75) is 37.4 Å². The zero-order valence-electron chi connectivity index (χ0n) is 18.6. The van der Waals surface area contributed by atoms with Gasteiger partial charge in [-0.1, -0.05) is 30.3 Å². The van der Waals surface area contributed by atoms with Crippen molar-refractivity contribution in [3.63, 3.8) is 0 Å². The number of primary amides is 1. The van der Waals surface area contributed by atoms with Crippen LogP contribution in [-0.2, 0) is 34.4 Å². The molecule has 0 saturated carbocycles. The summed E-state index contributed by atoms with van der Waals surface area (Å²) in [5.41, 5.74) is 6.26. The van der Waals surface area contributed by atoms with Crippen LogP contribution in [0.15, 0.2) is 59.5 Å². The largest absolute Gasteiger partial charge is 0.368 e. The Morgan fingerprint density at radius 3 is 2.09 bits per heavy atom. The van der Waals surface area contributed by atoms with Crippen molar-refractivity contribution in [2.75, 3.05) is 19.0 Å².